The molecule has 0 spiro atoms. The molecule has 3 N–H and O–H groups in total. The number of carbonyl (C=O) groups is 1. The summed E-state index contributed by atoms with van der Waals surface area (Å²) in [5.74, 6) is 0.204. The highest BCUT2D eigenvalue weighted by atomic mass is 35.5. The first-order chi connectivity index (χ1) is 18.8. The quantitative estimate of drug-likeness (QED) is 0.295. The number of halogens is 2. The maximum Gasteiger partial charge on any atom is 0.409 e. The number of tetrazole rings is 1. The number of benzene rings is 2. The molecule has 2 aromatic carbocycles. The lowest BCUT2D eigenvalue weighted by Crippen LogP contribution is -2.25. The Labute approximate surface area is 224 Å². The average molecular weight is 548 g/mol. The van der Waals surface area contributed by atoms with Crippen molar-refractivity contribution in [3.05, 3.63) is 87.8 Å². The van der Waals surface area contributed by atoms with Crippen molar-refractivity contribution in [2.75, 3.05) is 5.32 Å². The van der Waals surface area contributed by atoms with Crippen LogP contribution in [0.15, 0.2) is 59.8 Å². The van der Waals surface area contributed by atoms with Crippen LogP contribution in [0.5, 0.6) is 0 Å². The van der Waals surface area contributed by atoms with Gasteiger partial charge in [-0.1, -0.05) is 30.7 Å². The fraction of sp³-hybridized carbons (Fsp3) is 0.160. The van der Waals surface area contributed by atoms with Crippen LogP contribution in [0.2, 0.25) is 5.02 Å². The second kappa shape index (κ2) is 9.44. The van der Waals surface area contributed by atoms with E-state index in [-0.39, 0.29) is 27.8 Å². The fourth-order valence-corrected chi connectivity index (χ4v) is 4.99. The van der Waals surface area contributed by atoms with Crippen molar-refractivity contribution >= 4 is 23.4 Å². The SMILES string of the molecule is C[C@H]1C[C@H](c2ncc(-c3ccc(NC(=O)O)cc3)[nH]2)n2c1nc(-c1c(-n3cnnn3)ccc(Cl)c1F)cc2=O. The Kier molecular flexibility index (Phi) is 5.91. The fourth-order valence-electron chi connectivity index (χ4n) is 4.83. The standard InChI is InChI=1S/C25H19ClFN9O3/c1-12-8-19(23-28-10-17(31-23)13-2-4-14(5-3-13)30-25(38)39)36-20(37)9-16(32-24(12)36)21-18(35-11-29-33-34-35)7-6-15(26)22(21)27/h2-7,9-12,19,30H,8H2,1H3,(H,28,31)(H,38,39)/t12-,19+/m0/s1. The molecule has 4 heterocycles. The van der Waals surface area contributed by atoms with Gasteiger partial charge in [0.1, 0.15) is 18.0 Å². The summed E-state index contributed by atoms with van der Waals surface area (Å²) in [6, 6.07) is 10.6. The van der Waals surface area contributed by atoms with E-state index in [9.17, 15) is 9.59 Å². The van der Waals surface area contributed by atoms with Crippen molar-refractivity contribution in [3.8, 4) is 28.2 Å². The van der Waals surface area contributed by atoms with E-state index in [1.165, 1.54) is 23.1 Å². The number of anilines is 1. The van der Waals surface area contributed by atoms with E-state index < -0.39 is 18.0 Å². The van der Waals surface area contributed by atoms with Crippen molar-refractivity contribution in [3.63, 3.8) is 0 Å². The first-order valence-electron chi connectivity index (χ1n) is 11.8. The zero-order valence-electron chi connectivity index (χ0n) is 20.2. The van der Waals surface area contributed by atoms with Gasteiger partial charge in [-0.25, -0.2) is 19.2 Å². The number of aromatic nitrogens is 8. The number of carboxylic acid groups (broad SMARTS) is 1. The van der Waals surface area contributed by atoms with Crippen molar-refractivity contribution < 1.29 is 14.3 Å². The van der Waals surface area contributed by atoms with Gasteiger partial charge in [0, 0.05) is 17.7 Å². The summed E-state index contributed by atoms with van der Waals surface area (Å²) < 4.78 is 18.1. The Morgan fingerprint density at radius 3 is 2.74 bits per heavy atom. The van der Waals surface area contributed by atoms with E-state index in [1.54, 1.807) is 41.1 Å². The molecule has 0 radical (unpaired) electrons. The Morgan fingerprint density at radius 2 is 2.03 bits per heavy atom. The van der Waals surface area contributed by atoms with Crippen molar-refractivity contribution in [2.24, 2.45) is 0 Å². The first kappa shape index (κ1) is 24.4. The zero-order chi connectivity index (χ0) is 27.3. The second-order valence-electron chi connectivity index (χ2n) is 9.06. The monoisotopic (exact) mass is 547 g/mol. The summed E-state index contributed by atoms with van der Waals surface area (Å²) in [7, 11) is 0. The maximum absolute atomic E-state index is 15.3. The Bertz CT molecular complexity index is 1770. The average Bonchev–Trinajstić information content (AvgIpc) is 3.67. The number of nitrogens with one attached hydrogen (secondary N) is 2. The number of rotatable bonds is 5. The highest BCUT2D eigenvalue weighted by molar-refractivity contribution is 6.31. The molecule has 39 heavy (non-hydrogen) atoms. The molecule has 14 heteroatoms. The Morgan fingerprint density at radius 1 is 1.23 bits per heavy atom. The number of imidazole rings is 1. The number of amides is 1. The number of hydrogen-bond acceptors (Lipinski definition) is 7. The molecule has 0 unspecified atom stereocenters. The molecular formula is C25H19ClFN9O3. The van der Waals surface area contributed by atoms with Crippen LogP contribution in [-0.4, -0.2) is 50.9 Å². The van der Waals surface area contributed by atoms with Crippen LogP contribution in [0.1, 0.15) is 37.0 Å². The minimum atomic E-state index is -1.15. The zero-order valence-corrected chi connectivity index (χ0v) is 21.0. The van der Waals surface area contributed by atoms with Gasteiger partial charge in [-0.15, -0.1) is 5.10 Å². The highest BCUT2D eigenvalue weighted by Gasteiger charge is 2.34. The predicted molar refractivity (Wildman–Crippen MR) is 138 cm³/mol. The molecule has 0 bridgehead atoms. The van der Waals surface area contributed by atoms with Crippen LogP contribution in [0.3, 0.4) is 0 Å². The van der Waals surface area contributed by atoms with Crippen LogP contribution in [0.25, 0.3) is 28.2 Å². The molecular weight excluding hydrogens is 529 g/mol. The Balaban J connectivity index is 1.38. The highest BCUT2D eigenvalue weighted by Crippen LogP contribution is 2.39. The molecule has 0 aliphatic carbocycles. The number of H-pyrrole nitrogens is 1. The summed E-state index contributed by atoms with van der Waals surface area (Å²) in [5, 5.41) is 22.1. The number of fused-ring (bicyclic) bond motifs is 1. The van der Waals surface area contributed by atoms with Gasteiger partial charge in [-0.2, -0.15) is 4.68 Å². The van der Waals surface area contributed by atoms with E-state index in [1.807, 2.05) is 6.92 Å². The van der Waals surface area contributed by atoms with Crippen LogP contribution in [0, 0.1) is 5.82 Å². The van der Waals surface area contributed by atoms with Crippen molar-refractivity contribution in [1.82, 2.24) is 39.7 Å². The summed E-state index contributed by atoms with van der Waals surface area (Å²) in [6.07, 6.45) is 2.38. The van der Waals surface area contributed by atoms with E-state index in [0.29, 0.717) is 35.1 Å². The molecule has 0 saturated carbocycles. The minimum absolute atomic E-state index is 0.0204. The van der Waals surface area contributed by atoms with Gasteiger partial charge in [0.25, 0.3) is 5.56 Å². The third kappa shape index (κ3) is 4.32. The molecule has 3 aromatic heterocycles. The smallest absolute Gasteiger partial charge is 0.409 e. The predicted octanol–water partition coefficient (Wildman–Crippen LogP) is 4.26. The van der Waals surface area contributed by atoms with Crippen molar-refractivity contribution in [2.45, 2.75) is 25.3 Å². The van der Waals surface area contributed by atoms with Gasteiger partial charge in [0.2, 0.25) is 0 Å². The summed E-state index contributed by atoms with van der Waals surface area (Å²) in [6.45, 7) is 1.94. The lowest BCUT2D eigenvalue weighted by molar-refractivity contribution is 0.209. The largest absolute Gasteiger partial charge is 0.465 e. The Hall–Kier alpha value is -4.91. The molecule has 6 rings (SSSR count). The molecule has 2 atom stereocenters. The van der Waals surface area contributed by atoms with Crippen LogP contribution in [0.4, 0.5) is 14.9 Å². The van der Waals surface area contributed by atoms with E-state index in [2.05, 4.69) is 30.8 Å². The summed E-state index contributed by atoms with van der Waals surface area (Å²) in [5.41, 5.74) is 2.01. The molecule has 12 nitrogen and oxygen atoms in total. The topological polar surface area (TPSA) is 156 Å². The van der Waals surface area contributed by atoms with E-state index >= 15 is 4.39 Å². The number of nitrogens with zero attached hydrogens (tertiary/aromatic N) is 7. The lowest BCUT2D eigenvalue weighted by Gasteiger charge is -2.15. The third-order valence-electron chi connectivity index (χ3n) is 6.59. The van der Waals surface area contributed by atoms with Gasteiger partial charge in [0.15, 0.2) is 5.82 Å². The molecule has 1 amide bonds. The molecule has 1 aliphatic rings. The molecule has 1 aliphatic heterocycles. The van der Waals surface area contributed by atoms with Gasteiger partial charge in [-0.3, -0.25) is 14.7 Å². The normalized spacial score (nSPS) is 16.3. The van der Waals surface area contributed by atoms with E-state index in [0.717, 1.165) is 5.56 Å². The van der Waals surface area contributed by atoms with Gasteiger partial charge >= 0.3 is 6.09 Å². The molecule has 0 saturated heterocycles. The number of aromatic amines is 1. The molecule has 5 aromatic rings. The van der Waals surface area contributed by atoms with Gasteiger partial charge < -0.3 is 10.1 Å². The van der Waals surface area contributed by atoms with Crippen LogP contribution < -0.4 is 10.9 Å². The lowest BCUT2D eigenvalue weighted by atomic mass is 10.1. The summed E-state index contributed by atoms with van der Waals surface area (Å²) >= 11 is 6.08. The van der Waals surface area contributed by atoms with Gasteiger partial charge in [-0.05, 0) is 46.7 Å². The molecule has 0 fully saturated rings. The third-order valence-corrected chi connectivity index (χ3v) is 6.88. The van der Waals surface area contributed by atoms with Gasteiger partial charge in [0.05, 0.1) is 39.9 Å². The first-order valence-corrected chi connectivity index (χ1v) is 12.2. The van der Waals surface area contributed by atoms with Crippen LogP contribution >= 0.6 is 11.6 Å². The van der Waals surface area contributed by atoms with Crippen molar-refractivity contribution in [1.29, 1.82) is 0 Å². The summed E-state index contributed by atoms with van der Waals surface area (Å²) in [4.78, 5) is 36.8. The minimum Gasteiger partial charge on any atom is -0.465 e. The van der Waals surface area contributed by atoms with Crippen LogP contribution in [-0.2, 0) is 0 Å². The van der Waals surface area contributed by atoms with E-state index in [4.69, 9.17) is 21.7 Å². The maximum atomic E-state index is 15.3. The molecule has 196 valence electrons. The second-order valence-corrected chi connectivity index (χ2v) is 9.47. The number of hydrogen-bond donors (Lipinski definition) is 3.